The molecule has 1 aromatic rings. The van der Waals surface area contributed by atoms with Crippen LogP contribution in [0.15, 0.2) is 18.2 Å². The standard InChI is InChI=1S/C34H45Cl2FN2O7/c35-26-8-9-28(36)29(19-26)39-32(42)43-20-30(37)33(44-34(46-45-33)24-14-22-13-23(16-24)17-25(34)15-22)11-10-31(41)38-12-3-1-2-5-21-6-4-7-27(40)18-21/h8-9,19,21-25,30H,1-7,10-18,20H2,(H,38,41)(H,39,42). The van der Waals surface area contributed by atoms with Crippen LogP contribution in [0.1, 0.15) is 96.3 Å². The van der Waals surface area contributed by atoms with Crippen LogP contribution in [-0.4, -0.2) is 48.7 Å². The molecule has 46 heavy (non-hydrogen) atoms. The fraction of sp³-hybridized carbons (Fsp3) is 0.735. The number of ketones is 1. The van der Waals surface area contributed by atoms with E-state index in [1.165, 1.54) is 18.6 Å². The Kier molecular flexibility index (Phi) is 10.8. The van der Waals surface area contributed by atoms with Gasteiger partial charge in [0.1, 0.15) is 12.4 Å². The van der Waals surface area contributed by atoms with Gasteiger partial charge in [-0.25, -0.2) is 9.18 Å². The van der Waals surface area contributed by atoms with Gasteiger partial charge in [-0.15, -0.1) is 0 Å². The summed E-state index contributed by atoms with van der Waals surface area (Å²) in [6, 6.07) is 4.57. The Morgan fingerprint density at radius 3 is 2.54 bits per heavy atom. The van der Waals surface area contributed by atoms with Crippen LogP contribution in [0.2, 0.25) is 10.0 Å². The second-order valence-electron chi connectivity index (χ2n) is 14.1. The maximum Gasteiger partial charge on any atom is 0.411 e. The molecular weight excluding hydrogens is 638 g/mol. The molecule has 1 aromatic carbocycles. The lowest BCUT2D eigenvalue weighted by molar-refractivity contribution is -0.392. The Morgan fingerprint density at radius 1 is 1.04 bits per heavy atom. The van der Waals surface area contributed by atoms with Crippen LogP contribution in [-0.2, 0) is 28.8 Å². The minimum absolute atomic E-state index is 0.0467. The topological polar surface area (TPSA) is 112 Å². The summed E-state index contributed by atoms with van der Waals surface area (Å²) in [6.07, 6.45) is 9.44. The van der Waals surface area contributed by atoms with Crippen molar-refractivity contribution in [2.24, 2.45) is 29.6 Å². The summed E-state index contributed by atoms with van der Waals surface area (Å²) < 4.78 is 28.0. The van der Waals surface area contributed by atoms with Crippen LogP contribution >= 0.6 is 23.2 Å². The van der Waals surface area contributed by atoms with Crippen molar-refractivity contribution in [2.75, 3.05) is 18.5 Å². The highest BCUT2D eigenvalue weighted by Crippen LogP contribution is 2.63. The van der Waals surface area contributed by atoms with Crippen molar-refractivity contribution >= 4 is 46.7 Å². The Hall–Kier alpha value is -1.98. The highest BCUT2D eigenvalue weighted by atomic mass is 35.5. The summed E-state index contributed by atoms with van der Waals surface area (Å²) in [5, 5.41) is 6.03. The van der Waals surface area contributed by atoms with Gasteiger partial charge in [-0.05, 0) is 87.3 Å². The number of rotatable bonds is 13. The summed E-state index contributed by atoms with van der Waals surface area (Å²) >= 11 is 12.1. The van der Waals surface area contributed by atoms with E-state index in [0.717, 1.165) is 70.6 Å². The van der Waals surface area contributed by atoms with Gasteiger partial charge in [0.2, 0.25) is 17.5 Å². The van der Waals surface area contributed by atoms with Gasteiger partial charge in [-0.3, -0.25) is 14.9 Å². The Morgan fingerprint density at radius 2 is 1.80 bits per heavy atom. The maximum atomic E-state index is 16.2. The first-order valence-electron chi connectivity index (χ1n) is 17.0. The number of nitrogens with one attached hydrogen (secondary N) is 2. The third-order valence-corrected chi connectivity index (χ3v) is 11.4. The molecule has 6 fully saturated rings. The number of carbonyl (C=O) groups is 3. The van der Waals surface area contributed by atoms with E-state index in [0.29, 0.717) is 41.5 Å². The average molecular weight is 684 g/mol. The Labute approximate surface area is 279 Å². The normalized spacial score (nSPS) is 33.7. The molecule has 5 saturated carbocycles. The molecule has 7 rings (SSSR count). The summed E-state index contributed by atoms with van der Waals surface area (Å²) in [4.78, 5) is 48.9. The molecule has 9 nitrogen and oxygen atoms in total. The summed E-state index contributed by atoms with van der Waals surface area (Å²) in [5.41, 5.74) is 0.231. The zero-order chi connectivity index (χ0) is 32.3. The van der Waals surface area contributed by atoms with Crippen molar-refractivity contribution in [3.05, 3.63) is 28.2 Å². The van der Waals surface area contributed by atoms with Crippen molar-refractivity contribution in [3.63, 3.8) is 0 Å². The van der Waals surface area contributed by atoms with Crippen molar-refractivity contribution in [3.8, 4) is 0 Å². The Bertz CT molecular complexity index is 1260. The third-order valence-electron chi connectivity index (χ3n) is 10.8. The molecule has 1 saturated heterocycles. The number of alkyl halides is 1. The van der Waals surface area contributed by atoms with Crippen molar-refractivity contribution in [1.29, 1.82) is 0 Å². The molecule has 5 aliphatic carbocycles. The Balaban J connectivity index is 1.02. The van der Waals surface area contributed by atoms with Crippen LogP contribution in [0.3, 0.4) is 0 Å². The van der Waals surface area contributed by atoms with Crippen LogP contribution in [0.5, 0.6) is 0 Å². The van der Waals surface area contributed by atoms with Crippen molar-refractivity contribution in [1.82, 2.24) is 5.32 Å². The van der Waals surface area contributed by atoms with Crippen LogP contribution in [0, 0.1) is 29.6 Å². The van der Waals surface area contributed by atoms with E-state index in [4.69, 9.17) is 42.5 Å². The van der Waals surface area contributed by atoms with E-state index in [1.54, 1.807) is 6.07 Å². The maximum absolute atomic E-state index is 16.2. The van der Waals surface area contributed by atoms with Gasteiger partial charge in [0.25, 0.3) is 0 Å². The predicted octanol–water partition coefficient (Wildman–Crippen LogP) is 7.92. The fourth-order valence-electron chi connectivity index (χ4n) is 8.66. The number of anilines is 1. The van der Waals surface area contributed by atoms with E-state index in [9.17, 15) is 14.4 Å². The molecule has 0 aromatic heterocycles. The predicted molar refractivity (Wildman–Crippen MR) is 170 cm³/mol. The van der Waals surface area contributed by atoms with E-state index in [1.807, 2.05) is 0 Å². The molecule has 254 valence electrons. The molecule has 0 radical (unpaired) electrons. The first kappa shape index (κ1) is 33.9. The monoisotopic (exact) mass is 682 g/mol. The lowest BCUT2D eigenvalue weighted by Gasteiger charge is -2.57. The summed E-state index contributed by atoms with van der Waals surface area (Å²) in [7, 11) is 0. The van der Waals surface area contributed by atoms with Crippen molar-refractivity contribution < 1.29 is 38.0 Å². The lowest BCUT2D eigenvalue weighted by atomic mass is 9.53. The molecule has 12 heteroatoms. The number of amides is 2. The number of hydrogen-bond acceptors (Lipinski definition) is 7. The lowest BCUT2D eigenvalue weighted by Crippen LogP contribution is -2.60. The molecule has 1 aliphatic heterocycles. The number of halogens is 3. The second kappa shape index (κ2) is 14.6. The number of benzene rings is 1. The number of unbranched alkanes of at least 4 members (excludes halogenated alkanes) is 2. The van der Waals surface area contributed by atoms with Gasteiger partial charge in [-0.1, -0.05) is 42.5 Å². The summed E-state index contributed by atoms with van der Waals surface area (Å²) in [5.74, 6) is -0.903. The van der Waals surface area contributed by atoms with Gasteiger partial charge in [-0.2, -0.15) is 9.78 Å². The van der Waals surface area contributed by atoms with Crippen molar-refractivity contribution in [2.45, 2.75) is 114 Å². The zero-order valence-electron chi connectivity index (χ0n) is 26.2. The number of ether oxygens (including phenoxy) is 2. The number of Topliss-reactive ketones (excluding diaryl/α,β-unsaturated/α-hetero) is 1. The smallest absolute Gasteiger partial charge is 0.411 e. The molecule has 3 unspecified atom stereocenters. The summed E-state index contributed by atoms with van der Waals surface area (Å²) in [6.45, 7) is -0.169. The molecule has 2 amide bonds. The molecule has 1 spiro atoms. The minimum atomic E-state index is -1.93. The van der Waals surface area contributed by atoms with E-state index >= 15 is 4.39 Å². The second-order valence-corrected chi connectivity index (χ2v) is 15.0. The fourth-order valence-corrected chi connectivity index (χ4v) is 9.00. The van der Waals surface area contributed by atoms with Crippen LogP contribution in [0.25, 0.3) is 0 Å². The van der Waals surface area contributed by atoms with Gasteiger partial charge >= 0.3 is 6.09 Å². The molecular formula is C34H45Cl2FN2O7. The number of hydrogen-bond donors (Lipinski definition) is 2. The molecule has 1 heterocycles. The van der Waals surface area contributed by atoms with E-state index in [2.05, 4.69) is 10.6 Å². The first-order valence-corrected chi connectivity index (χ1v) is 17.8. The zero-order valence-corrected chi connectivity index (χ0v) is 27.7. The first-order chi connectivity index (χ1) is 22.1. The SMILES string of the molecule is O=C1CCCC(CCCCCNC(=O)CCC2(C(F)COC(=O)Nc3cc(Cl)ccc3Cl)OOC3(O2)C2CC4CC(C2)CC3C4)C1. The highest BCUT2D eigenvalue weighted by Gasteiger charge is 2.68. The highest BCUT2D eigenvalue weighted by molar-refractivity contribution is 6.35. The van der Waals surface area contributed by atoms with E-state index in [-0.39, 0.29) is 41.3 Å². The molecule has 4 bridgehead atoms. The molecule has 6 aliphatic rings. The number of carbonyl (C=O) groups excluding carboxylic acids is 3. The average Bonchev–Trinajstić information content (AvgIpc) is 3.43. The molecule has 3 atom stereocenters. The van der Waals surface area contributed by atoms with Crippen LogP contribution in [0.4, 0.5) is 14.9 Å². The quantitative estimate of drug-likeness (QED) is 0.161. The largest absolute Gasteiger partial charge is 0.446 e. The van der Waals surface area contributed by atoms with Gasteiger partial charge in [0.05, 0.1) is 10.7 Å². The van der Waals surface area contributed by atoms with Gasteiger partial charge < -0.3 is 14.8 Å². The van der Waals surface area contributed by atoms with Crippen LogP contribution < -0.4 is 10.6 Å². The van der Waals surface area contributed by atoms with Gasteiger partial charge in [0, 0.05) is 49.1 Å². The van der Waals surface area contributed by atoms with E-state index < -0.39 is 30.4 Å². The molecule has 2 N–H and O–H groups in total. The third kappa shape index (κ3) is 7.67. The van der Waals surface area contributed by atoms with Gasteiger partial charge in [0.15, 0.2) is 6.17 Å². The minimum Gasteiger partial charge on any atom is -0.446 e.